The summed E-state index contributed by atoms with van der Waals surface area (Å²) in [5.74, 6) is -0.120. The summed E-state index contributed by atoms with van der Waals surface area (Å²) >= 11 is 0. The van der Waals surface area contributed by atoms with Crippen LogP contribution in [-0.2, 0) is 19.6 Å². The lowest BCUT2D eigenvalue weighted by Crippen LogP contribution is -2.69. The topological polar surface area (TPSA) is 78.0 Å². The predicted octanol–water partition coefficient (Wildman–Crippen LogP) is -1.54. The van der Waals surface area contributed by atoms with E-state index < -0.39 is 16.1 Å². The molecule has 2 amide bonds. The lowest BCUT2D eigenvalue weighted by molar-refractivity contribution is -0.161. The number of hydrogen-bond donors (Lipinski definition) is 0. The van der Waals surface area contributed by atoms with Crippen molar-refractivity contribution in [1.29, 1.82) is 0 Å². The second kappa shape index (κ2) is 4.17. The van der Waals surface area contributed by atoms with Crippen LogP contribution in [0.3, 0.4) is 0 Å². The van der Waals surface area contributed by atoms with Crippen molar-refractivity contribution in [3.8, 4) is 0 Å². The van der Waals surface area contributed by atoms with E-state index in [1.807, 2.05) is 0 Å². The van der Waals surface area contributed by atoms with Crippen LogP contribution in [0.1, 0.15) is 12.8 Å². The zero-order chi connectivity index (χ0) is 13.8. The van der Waals surface area contributed by atoms with E-state index in [9.17, 15) is 18.0 Å². The SMILES string of the molecule is CS(=O)(=O)N1CCN2C(=O)C3CCCN3C(=O)C2C1. The van der Waals surface area contributed by atoms with Crippen molar-refractivity contribution in [2.24, 2.45) is 0 Å². The van der Waals surface area contributed by atoms with Gasteiger partial charge in [0, 0.05) is 26.2 Å². The Morgan fingerprint density at radius 1 is 1.00 bits per heavy atom. The Morgan fingerprint density at radius 3 is 2.32 bits per heavy atom. The van der Waals surface area contributed by atoms with E-state index in [1.54, 1.807) is 9.80 Å². The highest BCUT2D eigenvalue weighted by Crippen LogP contribution is 2.29. The van der Waals surface area contributed by atoms with Crippen molar-refractivity contribution in [2.45, 2.75) is 24.9 Å². The molecule has 0 radical (unpaired) electrons. The van der Waals surface area contributed by atoms with Gasteiger partial charge < -0.3 is 9.80 Å². The van der Waals surface area contributed by atoms with E-state index in [-0.39, 0.29) is 30.9 Å². The minimum absolute atomic E-state index is 0.0183. The molecule has 2 unspecified atom stereocenters. The highest BCUT2D eigenvalue weighted by molar-refractivity contribution is 7.88. The molecule has 3 fully saturated rings. The molecule has 0 spiro atoms. The summed E-state index contributed by atoms with van der Waals surface area (Å²) in [6.45, 7) is 1.29. The Morgan fingerprint density at radius 2 is 1.63 bits per heavy atom. The van der Waals surface area contributed by atoms with Gasteiger partial charge in [0.1, 0.15) is 12.1 Å². The Balaban J connectivity index is 1.88. The van der Waals surface area contributed by atoms with Crippen molar-refractivity contribution in [2.75, 3.05) is 32.4 Å². The minimum Gasteiger partial charge on any atom is -0.329 e. The molecular formula is C11H17N3O4S. The Kier molecular flexibility index (Phi) is 2.82. The summed E-state index contributed by atoms with van der Waals surface area (Å²) < 4.78 is 24.4. The highest BCUT2D eigenvalue weighted by Gasteiger charge is 2.50. The molecule has 3 rings (SSSR count). The summed E-state index contributed by atoms with van der Waals surface area (Å²) in [6.07, 6.45) is 2.71. The number of rotatable bonds is 1. The van der Waals surface area contributed by atoms with Crippen molar-refractivity contribution in [3.05, 3.63) is 0 Å². The lowest BCUT2D eigenvalue weighted by Gasteiger charge is -2.46. The minimum atomic E-state index is -3.31. The van der Waals surface area contributed by atoms with Gasteiger partial charge in [0.2, 0.25) is 21.8 Å². The molecule has 0 N–H and O–H groups in total. The van der Waals surface area contributed by atoms with E-state index >= 15 is 0 Å². The van der Waals surface area contributed by atoms with Crippen LogP contribution in [0.4, 0.5) is 0 Å². The first-order valence-corrected chi connectivity index (χ1v) is 8.30. The highest BCUT2D eigenvalue weighted by atomic mass is 32.2. The number of amides is 2. The molecule has 0 bridgehead atoms. The van der Waals surface area contributed by atoms with Crippen LogP contribution in [0.2, 0.25) is 0 Å². The Bertz CT molecular complexity index is 532. The Labute approximate surface area is 112 Å². The van der Waals surface area contributed by atoms with E-state index in [0.29, 0.717) is 13.1 Å². The molecule has 0 saturated carbocycles. The lowest BCUT2D eigenvalue weighted by atomic mass is 10.0. The number of carbonyl (C=O) groups excluding carboxylic acids is 2. The average Bonchev–Trinajstić information content (AvgIpc) is 2.83. The molecule has 2 atom stereocenters. The monoisotopic (exact) mass is 287 g/mol. The standard InChI is InChI=1S/C11H17N3O4S/c1-19(17,18)12-5-6-14-9(7-12)11(16)13-4-2-3-8(13)10(14)15/h8-9H,2-7H2,1H3. The Hall–Kier alpha value is -1.15. The number of carbonyl (C=O) groups is 2. The van der Waals surface area contributed by atoms with Crippen LogP contribution < -0.4 is 0 Å². The van der Waals surface area contributed by atoms with Crippen LogP contribution in [0, 0.1) is 0 Å². The molecule has 3 aliphatic rings. The van der Waals surface area contributed by atoms with Gasteiger partial charge in [0.15, 0.2) is 0 Å². The van der Waals surface area contributed by atoms with E-state index in [4.69, 9.17) is 0 Å². The fourth-order valence-corrected chi connectivity index (χ4v) is 4.03. The van der Waals surface area contributed by atoms with Gasteiger partial charge in [0.25, 0.3) is 0 Å². The number of fused-ring (bicyclic) bond motifs is 2. The summed E-state index contributed by atoms with van der Waals surface area (Å²) in [4.78, 5) is 27.9. The molecule has 3 heterocycles. The second-order valence-corrected chi connectivity index (χ2v) is 7.34. The van der Waals surface area contributed by atoms with Crippen LogP contribution in [0.5, 0.6) is 0 Å². The van der Waals surface area contributed by atoms with E-state index in [0.717, 1.165) is 19.1 Å². The smallest absolute Gasteiger partial charge is 0.247 e. The predicted molar refractivity (Wildman–Crippen MR) is 66.7 cm³/mol. The maximum atomic E-state index is 12.4. The van der Waals surface area contributed by atoms with Gasteiger partial charge in [0.05, 0.1) is 6.26 Å². The average molecular weight is 287 g/mol. The van der Waals surface area contributed by atoms with E-state index in [2.05, 4.69) is 0 Å². The van der Waals surface area contributed by atoms with Gasteiger partial charge in [-0.05, 0) is 12.8 Å². The summed E-state index contributed by atoms with van der Waals surface area (Å²) in [5, 5.41) is 0. The van der Waals surface area contributed by atoms with E-state index in [1.165, 1.54) is 4.31 Å². The molecule has 0 aliphatic carbocycles. The van der Waals surface area contributed by atoms with Gasteiger partial charge in [-0.2, -0.15) is 4.31 Å². The van der Waals surface area contributed by atoms with Gasteiger partial charge in [-0.1, -0.05) is 0 Å². The van der Waals surface area contributed by atoms with Crippen LogP contribution in [0.15, 0.2) is 0 Å². The van der Waals surface area contributed by atoms with Crippen molar-refractivity contribution >= 4 is 21.8 Å². The molecule has 19 heavy (non-hydrogen) atoms. The first-order chi connectivity index (χ1) is 8.89. The third kappa shape index (κ3) is 1.93. The first-order valence-electron chi connectivity index (χ1n) is 6.45. The fourth-order valence-electron chi connectivity index (χ4n) is 3.20. The summed E-state index contributed by atoms with van der Waals surface area (Å²) in [7, 11) is -3.31. The molecule has 7 nitrogen and oxygen atoms in total. The molecule has 0 aromatic heterocycles. The quantitative estimate of drug-likeness (QED) is 0.586. The number of sulfonamides is 1. The van der Waals surface area contributed by atoms with Crippen LogP contribution >= 0.6 is 0 Å². The molecule has 3 saturated heterocycles. The molecule has 0 aromatic carbocycles. The molecule has 8 heteroatoms. The molecular weight excluding hydrogens is 270 g/mol. The summed E-state index contributed by atoms with van der Waals surface area (Å²) in [5.41, 5.74) is 0. The van der Waals surface area contributed by atoms with Crippen molar-refractivity contribution in [1.82, 2.24) is 14.1 Å². The van der Waals surface area contributed by atoms with Gasteiger partial charge in [-0.15, -0.1) is 0 Å². The maximum Gasteiger partial charge on any atom is 0.247 e. The zero-order valence-electron chi connectivity index (χ0n) is 10.8. The van der Waals surface area contributed by atoms with Crippen LogP contribution in [-0.4, -0.2) is 78.9 Å². The van der Waals surface area contributed by atoms with Gasteiger partial charge >= 0.3 is 0 Å². The van der Waals surface area contributed by atoms with Gasteiger partial charge in [-0.25, -0.2) is 8.42 Å². The number of piperazine rings is 2. The third-order valence-electron chi connectivity index (χ3n) is 4.20. The normalized spacial score (nSPS) is 32.5. The van der Waals surface area contributed by atoms with Gasteiger partial charge in [-0.3, -0.25) is 9.59 Å². The molecule has 106 valence electrons. The molecule has 0 aromatic rings. The second-order valence-electron chi connectivity index (χ2n) is 5.36. The molecule has 3 aliphatic heterocycles. The summed E-state index contributed by atoms with van der Waals surface area (Å²) in [6, 6.07) is -0.946. The maximum absolute atomic E-state index is 12.4. The van der Waals surface area contributed by atoms with Crippen molar-refractivity contribution in [3.63, 3.8) is 0 Å². The zero-order valence-corrected chi connectivity index (χ0v) is 11.6. The number of hydrogen-bond acceptors (Lipinski definition) is 4. The van der Waals surface area contributed by atoms with Crippen molar-refractivity contribution < 1.29 is 18.0 Å². The van der Waals surface area contributed by atoms with Crippen LogP contribution in [0.25, 0.3) is 0 Å². The largest absolute Gasteiger partial charge is 0.329 e. The fraction of sp³-hybridized carbons (Fsp3) is 0.818. The number of nitrogens with zero attached hydrogens (tertiary/aromatic N) is 3. The third-order valence-corrected chi connectivity index (χ3v) is 5.47. The first kappa shape index (κ1) is 12.9.